The molecule has 0 spiro atoms. The molecule has 1 N–H and O–H groups in total. The summed E-state index contributed by atoms with van der Waals surface area (Å²) in [5, 5.41) is 4.07. The van der Waals surface area contributed by atoms with E-state index in [1.54, 1.807) is 6.07 Å². The minimum atomic E-state index is -4.51. The minimum absolute atomic E-state index is 0. The van der Waals surface area contributed by atoms with Crippen LogP contribution < -0.4 is 34.3 Å². The van der Waals surface area contributed by atoms with Crippen molar-refractivity contribution < 1.29 is 52.0 Å². The molecule has 0 unspecified atom stereocenters. The number of benzene rings is 1. The number of pyridine rings is 1. The number of alkyl halides is 3. The van der Waals surface area contributed by atoms with Crippen LogP contribution in [-0.4, -0.2) is 27.2 Å². The average molecular weight is 439 g/mol. The SMILES string of the molecule is COc1nc(-c2ccccc2C(F)(F)F)cc2[nH]c(-c3cc(C(C)(C)C)no3)nc12.[Na+]. The molecule has 4 aromatic rings. The Bertz CT molecular complexity index is 1230. The summed E-state index contributed by atoms with van der Waals surface area (Å²) in [6.45, 7) is 6.01. The third-order valence-corrected chi connectivity index (χ3v) is 4.65. The molecule has 0 atom stereocenters. The molecule has 4 rings (SSSR count). The first-order valence-corrected chi connectivity index (χ1v) is 9.17. The zero-order valence-corrected chi connectivity index (χ0v) is 19.8. The Morgan fingerprint density at radius 2 is 1.74 bits per heavy atom. The second kappa shape index (κ2) is 8.29. The summed E-state index contributed by atoms with van der Waals surface area (Å²) in [4.78, 5) is 11.8. The molecular formula is C21H19F3N4NaO2+. The molecule has 3 aromatic heterocycles. The van der Waals surface area contributed by atoms with E-state index >= 15 is 0 Å². The van der Waals surface area contributed by atoms with Gasteiger partial charge in [-0.05, 0) is 12.1 Å². The summed E-state index contributed by atoms with van der Waals surface area (Å²) in [5.74, 6) is 0.905. The fourth-order valence-corrected chi connectivity index (χ4v) is 3.08. The van der Waals surface area contributed by atoms with Gasteiger partial charge in [-0.1, -0.05) is 44.1 Å². The first-order valence-electron chi connectivity index (χ1n) is 9.17. The van der Waals surface area contributed by atoms with Crippen molar-refractivity contribution in [1.82, 2.24) is 20.1 Å². The number of methoxy groups -OCH3 is 1. The second-order valence-corrected chi connectivity index (χ2v) is 7.87. The fourth-order valence-electron chi connectivity index (χ4n) is 3.08. The maximum atomic E-state index is 13.5. The average Bonchev–Trinajstić information content (AvgIpc) is 3.33. The fraction of sp³-hybridized carbons (Fsp3) is 0.286. The molecule has 0 bridgehead atoms. The van der Waals surface area contributed by atoms with Crippen molar-refractivity contribution in [2.45, 2.75) is 32.4 Å². The van der Waals surface area contributed by atoms with Crippen LogP contribution in [0.3, 0.4) is 0 Å². The van der Waals surface area contributed by atoms with Crippen molar-refractivity contribution in [3.63, 3.8) is 0 Å². The molecule has 31 heavy (non-hydrogen) atoms. The summed E-state index contributed by atoms with van der Waals surface area (Å²) < 4.78 is 51.1. The molecule has 0 radical (unpaired) electrons. The molecule has 156 valence electrons. The molecule has 0 saturated heterocycles. The van der Waals surface area contributed by atoms with Crippen molar-refractivity contribution in [3.8, 4) is 28.7 Å². The first kappa shape index (κ1) is 23.3. The van der Waals surface area contributed by atoms with Crippen LogP contribution in [0.1, 0.15) is 32.0 Å². The molecule has 0 aliphatic heterocycles. The maximum absolute atomic E-state index is 13.5. The number of nitrogens with zero attached hydrogens (tertiary/aromatic N) is 3. The monoisotopic (exact) mass is 439 g/mol. The molecule has 0 aliphatic rings. The Morgan fingerprint density at radius 3 is 2.35 bits per heavy atom. The van der Waals surface area contributed by atoms with Gasteiger partial charge in [0.2, 0.25) is 11.6 Å². The molecule has 0 fully saturated rings. The van der Waals surface area contributed by atoms with Crippen LogP contribution in [0.2, 0.25) is 0 Å². The van der Waals surface area contributed by atoms with E-state index in [1.807, 2.05) is 20.8 Å². The summed E-state index contributed by atoms with van der Waals surface area (Å²) >= 11 is 0. The zero-order valence-electron chi connectivity index (χ0n) is 17.8. The van der Waals surface area contributed by atoms with Crippen molar-refractivity contribution >= 4 is 11.0 Å². The predicted octanol–water partition coefficient (Wildman–Crippen LogP) is 2.61. The van der Waals surface area contributed by atoms with Crippen LogP contribution in [0.15, 0.2) is 40.9 Å². The predicted molar refractivity (Wildman–Crippen MR) is 105 cm³/mol. The van der Waals surface area contributed by atoms with Crippen LogP contribution in [-0.2, 0) is 11.6 Å². The largest absolute Gasteiger partial charge is 1.00 e. The third kappa shape index (κ3) is 4.49. The van der Waals surface area contributed by atoms with E-state index < -0.39 is 11.7 Å². The van der Waals surface area contributed by atoms with E-state index in [9.17, 15) is 13.2 Å². The smallest absolute Gasteiger partial charge is 0.479 e. The van der Waals surface area contributed by atoms with E-state index in [0.29, 0.717) is 22.6 Å². The number of imidazole rings is 1. The van der Waals surface area contributed by atoms with Crippen LogP contribution >= 0.6 is 0 Å². The van der Waals surface area contributed by atoms with E-state index in [1.165, 1.54) is 31.4 Å². The summed E-state index contributed by atoms with van der Waals surface area (Å²) in [6, 6.07) is 8.56. The number of aromatic nitrogens is 4. The summed E-state index contributed by atoms with van der Waals surface area (Å²) in [7, 11) is 1.39. The van der Waals surface area contributed by atoms with Gasteiger partial charge in [-0.25, -0.2) is 9.97 Å². The Hall–Kier alpha value is -2.36. The van der Waals surface area contributed by atoms with Crippen molar-refractivity contribution in [2.75, 3.05) is 7.11 Å². The van der Waals surface area contributed by atoms with Gasteiger partial charge in [0.25, 0.3) is 0 Å². The quantitative estimate of drug-likeness (QED) is 0.497. The molecule has 6 nitrogen and oxygen atoms in total. The number of halogens is 3. The van der Waals surface area contributed by atoms with Gasteiger partial charge >= 0.3 is 35.7 Å². The molecule has 0 saturated carbocycles. The van der Waals surface area contributed by atoms with Gasteiger partial charge in [0, 0.05) is 17.0 Å². The summed E-state index contributed by atoms with van der Waals surface area (Å²) in [6.07, 6.45) is -4.51. The second-order valence-electron chi connectivity index (χ2n) is 7.87. The first-order chi connectivity index (χ1) is 14.1. The van der Waals surface area contributed by atoms with Crippen LogP contribution in [0.5, 0.6) is 5.88 Å². The standard InChI is InChI=1S/C21H19F3N4O2.Na/c1-20(2,3)16-10-15(30-28-16)18-25-14-9-13(26-19(29-4)17(14)27-18)11-7-5-6-8-12(11)21(22,23)24;/h5-10H,1-4H3,(H,25,27);/q;+1. The number of aromatic amines is 1. The molecular weight excluding hydrogens is 420 g/mol. The van der Waals surface area contributed by atoms with Gasteiger partial charge in [0.05, 0.1) is 29.6 Å². The number of rotatable bonds is 3. The van der Waals surface area contributed by atoms with E-state index in [4.69, 9.17) is 9.26 Å². The number of nitrogens with one attached hydrogen (secondary N) is 1. The molecule has 0 aliphatic carbocycles. The van der Waals surface area contributed by atoms with Gasteiger partial charge < -0.3 is 14.2 Å². The number of ether oxygens (including phenoxy) is 1. The molecule has 10 heteroatoms. The van der Waals surface area contributed by atoms with Gasteiger partial charge in [0.15, 0.2) is 11.3 Å². The maximum Gasteiger partial charge on any atom is 1.00 e. The van der Waals surface area contributed by atoms with E-state index in [0.717, 1.165) is 11.8 Å². The normalized spacial score (nSPS) is 12.1. The van der Waals surface area contributed by atoms with Crippen molar-refractivity contribution in [2.24, 2.45) is 0 Å². The zero-order chi connectivity index (χ0) is 21.7. The van der Waals surface area contributed by atoms with E-state index in [-0.39, 0.29) is 52.1 Å². The number of H-pyrrole nitrogens is 1. The Balaban J connectivity index is 0.00000272. The van der Waals surface area contributed by atoms with Crippen molar-refractivity contribution in [3.05, 3.63) is 47.7 Å². The van der Waals surface area contributed by atoms with Gasteiger partial charge in [0.1, 0.15) is 0 Å². The van der Waals surface area contributed by atoms with E-state index in [2.05, 4.69) is 20.1 Å². The topological polar surface area (TPSA) is 76.8 Å². The van der Waals surface area contributed by atoms with Gasteiger partial charge in [-0.2, -0.15) is 13.2 Å². The van der Waals surface area contributed by atoms with Crippen LogP contribution in [0.4, 0.5) is 13.2 Å². The van der Waals surface area contributed by atoms with Crippen molar-refractivity contribution in [1.29, 1.82) is 0 Å². The Kier molecular flexibility index (Phi) is 6.23. The third-order valence-electron chi connectivity index (χ3n) is 4.65. The molecule has 1 aromatic carbocycles. The number of hydrogen-bond acceptors (Lipinski definition) is 5. The Labute approximate surface area is 198 Å². The number of fused-ring (bicyclic) bond motifs is 1. The number of hydrogen-bond donors (Lipinski definition) is 1. The van der Waals surface area contributed by atoms with Gasteiger partial charge in [-0.3, -0.25) is 0 Å². The Morgan fingerprint density at radius 1 is 1.03 bits per heavy atom. The minimum Gasteiger partial charge on any atom is -0.479 e. The molecule has 0 amide bonds. The van der Waals surface area contributed by atoms with Crippen LogP contribution in [0.25, 0.3) is 33.9 Å². The molecule has 3 heterocycles. The van der Waals surface area contributed by atoms with Crippen LogP contribution in [0, 0.1) is 0 Å². The summed E-state index contributed by atoms with van der Waals surface area (Å²) in [5.41, 5.74) is 0.701. The van der Waals surface area contributed by atoms with Gasteiger partial charge in [-0.15, -0.1) is 0 Å².